The van der Waals surface area contributed by atoms with Gasteiger partial charge in [0.05, 0.1) is 39.9 Å². The Morgan fingerprint density at radius 2 is 0.824 bits per heavy atom. The highest BCUT2D eigenvalue weighted by Crippen LogP contribution is 2.38. The molecule has 0 aromatic rings. The molecule has 0 bridgehead atoms. The highest BCUT2D eigenvalue weighted by molar-refractivity contribution is 7.45. The quantitative estimate of drug-likeness (QED) is 0.0272. The zero-order valence-electron chi connectivity index (χ0n) is 46.1. The summed E-state index contributed by atoms with van der Waals surface area (Å²) in [5.74, 6) is -0.203. The summed E-state index contributed by atoms with van der Waals surface area (Å²) >= 11 is 0. The van der Waals surface area contributed by atoms with Gasteiger partial charge in [-0.1, -0.05) is 282 Å². The molecule has 3 unspecified atom stereocenters. The molecular formula is C59H117N2O6P. The Morgan fingerprint density at radius 1 is 0.500 bits per heavy atom. The van der Waals surface area contributed by atoms with Crippen LogP contribution in [0.4, 0.5) is 0 Å². The molecule has 0 rings (SSSR count). The Kier molecular flexibility index (Phi) is 50.1. The number of carbonyl (C=O) groups excluding carboxylic acids is 1. The van der Waals surface area contributed by atoms with Gasteiger partial charge in [-0.15, -0.1) is 0 Å². The van der Waals surface area contributed by atoms with Crippen LogP contribution >= 0.6 is 7.82 Å². The maximum absolute atomic E-state index is 12.9. The lowest BCUT2D eigenvalue weighted by Gasteiger charge is -2.29. The van der Waals surface area contributed by atoms with Crippen LogP contribution in [0.5, 0.6) is 0 Å². The van der Waals surface area contributed by atoms with Crippen LogP contribution in [0.25, 0.3) is 0 Å². The van der Waals surface area contributed by atoms with Crippen molar-refractivity contribution >= 4 is 13.7 Å². The molecule has 0 saturated carbocycles. The second-order valence-electron chi connectivity index (χ2n) is 21.7. The maximum atomic E-state index is 12.9. The summed E-state index contributed by atoms with van der Waals surface area (Å²) in [4.78, 5) is 25.4. The van der Waals surface area contributed by atoms with Gasteiger partial charge in [-0.25, -0.2) is 0 Å². The molecule has 0 aromatic carbocycles. The third-order valence-electron chi connectivity index (χ3n) is 13.7. The van der Waals surface area contributed by atoms with Crippen molar-refractivity contribution in [2.75, 3.05) is 40.9 Å². The number of phosphoric ester groups is 1. The first-order chi connectivity index (χ1) is 33.0. The molecule has 0 aromatic heterocycles. The lowest BCUT2D eigenvalue weighted by Crippen LogP contribution is -2.45. The predicted molar refractivity (Wildman–Crippen MR) is 293 cm³/mol. The topological polar surface area (TPSA) is 108 Å². The van der Waals surface area contributed by atoms with Crippen molar-refractivity contribution in [1.29, 1.82) is 0 Å². The van der Waals surface area contributed by atoms with Crippen molar-refractivity contribution in [3.05, 3.63) is 24.3 Å². The smallest absolute Gasteiger partial charge is 0.268 e. The van der Waals surface area contributed by atoms with Gasteiger partial charge in [0.25, 0.3) is 7.82 Å². The molecule has 1 amide bonds. The van der Waals surface area contributed by atoms with E-state index in [2.05, 4.69) is 31.3 Å². The number of quaternary nitrogens is 1. The first-order valence-corrected chi connectivity index (χ1v) is 31.2. The molecule has 68 heavy (non-hydrogen) atoms. The third kappa shape index (κ3) is 52.8. The van der Waals surface area contributed by atoms with Crippen LogP contribution in [-0.2, 0) is 18.4 Å². The minimum Gasteiger partial charge on any atom is -0.756 e. The number of carbonyl (C=O) groups is 1. The van der Waals surface area contributed by atoms with Gasteiger partial charge < -0.3 is 28.8 Å². The highest BCUT2D eigenvalue weighted by atomic mass is 31.2. The molecule has 0 fully saturated rings. The van der Waals surface area contributed by atoms with E-state index in [4.69, 9.17) is 9.05 Å². The number of aliphatic hydroxyl groups excluding tert-OH is 1. The summed E-state index contributed by atoms with van der Waals surface area (Å²) in [6.45, 7) is 4.66. The number of allylic oxidation sites excluding steroid dienone is 3. The molecule has 0 heterocycles. The maximum Gasteiger partial charge on any atom is 0.268 e. The predicted octanol–water partition coefficient (Wildman–Crippen LogP) is 17.4. The Labute approximate surface area is 424 Å². The van der Waals surface area contributed by atoms with Gasteiger partial charge in [-0.05, 0) is 32.1 Å². The van der Waals surface area contributed by atoms with E-state index in [1.165, 1.54) is 238 Å². The number of rotatable bonds is 55. The van der Waals surface area contributed by atoms with E-state index in [1.54, 1.807) is 6.08 Å². The largest absolute Gasteiger partial charge is 0.756 e. The molecule has 0 aliphatic heterocycles. The van der Waals surface area contributed by atoms with Crippen molar-refractivity contribution < 1.29 is 32.9 Å². The standard InChI is InChI=1S/C59H117N2O6P/c1-6-8-10-12-14-16-18-20-22-23-24-25-26-27-28-29-30-31-32-33-34-35-36-37-38-39-40-42-44-46-48-50-52-58(62)57(56-67-68(64,65)66-55-54-61(3,4)5)60-59(63)53-51-49-47-45-43-41-21-19-17-15-13-11-9-7-2/h42,44,50,52,57-58,62H,6-41,43,45-49,51,53-56H2,1-5H3,(H-,60,63,64,65)/b44-42+,52-50+. The van der Waals surface area contributed by atoms with E-state index < -0.39 is 20.0 Å². The molecule has 0 saturated heterocycles. The lowest BCUT2D eigenvalue weighted by molar-refractivity contribution is -0.870. The Hall–Kier alpha value is -1.02. The first-order valence-electron chi connectivity index (χ1n) is 29.7. The van der Waals surface area contributed by atoms with E-state index in [0.29, 0.717) is 17.4 Å². The lowest BCUT2D eigenvalue weighted by atomic mass is 10.0. The van der Waals surface area contributed by atoms with Gasteiger partial charge in [0.1, 0.15) is 13.2 Å². The summed E-state index contributed by atoms with van der Waals surface area (Å²) < 4.78 is 23.3. The van der Waals surface area contributed by atoms with Crippen LogP contribution in [-0.4, -0.2) is 68.5 Å². The number of nitrogens with one attached hydrogen (secondary N) is 1. The zero-order valence-corrected chi connectivity index (χ0v) is 47.0. The molecule has 0 aliphatic rings. The summed E-state index contributed by atoms with van der Waals surface area (Å²) in [5.41, 5.74) is 0. The number of hydrogen-bond donors (Lipinski definition) is 2. The number of nitrogens with zero attached hydrogens (tertiary/aromatic N) is 1. The van der Waals surface area contributed by atoms with E-state index >= 15 is 0 Å². The van der Waals surface area contributed by atoms with Gasteiger partial charge in [0.15, 0.2) is 0 Å². The second-order valence-corrected chi connectivity index (χ2v) is 23.1. The van der Waals surface area contributed by atoms with Gasteiger partial charge in [0, 0.05) is 6.42 Å². The fourth-order valence-corrected chi connectivity index (χ4v) is 9.72. The monoisotopic (exact) mass is 981 g/mol. The van der Waals surface area contributed by atoms with Crippen molar-refractivity contribution in [2.24, 2.45) is 0 Å². The normalized spacial score (nSPS) is 14.0. The van der Waals surface area contributed by atoms with Gasteiger partial charge in [-0.2, -0.15) is 0 Å². The molecule has 9 heteroatoms. The van der Waals surface area contributed by atoms with E-state index in [1.807, 2.05) is 27.2 Å². The Morgan fingerprint density at radius 3 is 1.19 bits per heavy atom. The minimum absolute atomic E-state index is 0.00387. The summed E-state index contributed by atoms with van der Waals surface area (Å²) in [7, 11) is 1.26. The zero-order chi connectivity index (χ0) is 49.9. The van der Waals surface area contributed by atoms with Crippen LogP contribution in [0.3, 0.4) is 0 Å². The van der Waals surface area contributed by atoms with Gasteiger partial charge in [0.2, 0.25) is 5.91 Å². The molecule has 404 valence electrons. The van der Waals surface area contributed by atoms with Crippen molar-refractivity contribution in [3.8, 4) is 0 Å². The Balaban J connectivity index is 4.09. The number of aliphatic hydroxyl groups is 1. The van der Waals surface area contributed by atoms with E-state index in [-0.39, 0.29) is 19.1 Å². The van der Waals surface area contributed by atoms with Crippen molar-refractivity contribution in [1.82, 2.24) is 5.32 Å². The third-order valence-corrected chi connectivity index (χ3v) is 14.6. The number of amides is 1. The van der Waals surface area contributed by atoms with Gasteiger partial charge >= 0.3 is 0 Å². The highest BCUT2D eigenvalue weighted by Gasteiger charge is 2.23. The van der Waals surface area contributed by atoms with Crippen molar-refractivity contribution in [3.63, 3.8) is 0 Å². The van der Waals surface area contributed by atoms with Crippen LogP contribution in [0.2, 0.25) is 0 Å². The molecule has 0 aliphatic carbocycles. The summed E-state index contributed by atoms with van der Waals surface area (Å²) in [6, 6.07) is -0.899. The van der Waals surface area contributed by atoms with Crippen LogP contribution in [0, 0.1) is 0 Å². The van der Waals surface area contributed by atoms with Crippen molar-refractivity contribution in [2.45, 2.75) is 309 Å². The SMILES string of the molecule is CCCCCCCCCCCCCCCCCCCCCCCCCCCC/C=C/CC/C=C/C(O)C(COP(=O)([O-])OCC[N+](C)(C)C)NC(=O)CCCCCCCCCCCCCCCC. The van der Waals surface area contributed by atoms with E-state index in [9.17, 15) is 19.4 Å². The number of likely N-dealkylation sites (N-methyl/N-ethyl adjacent to an activating group) is 1. The molecule has 0 spiro atoms. The van der Waals surface area contributed by atoms with Crippen LogP contribution < -0.4 is 10.2 Å². The molecule has 2 N–H and O–H groups in total. The average molecular weight is 982 g/mol. The fourth-order valence-electron chi connectivity index (χ4n) is 9.00. The number of hydrogen-bond acceptors (Lipinski definition) is 6. The summed E-state index contributed by atoms with van der Waals surface area (Å²) in [6.07, 6.45) is 64.2. The molecule has 8 nitrogen and oxygen atoms in total. The van der Waals surface area contributed by atoms with Crippen LogP contribution in [0.1, 0.15) is 296 Å². The summed E-state index contributed by atoms with van der Waals surface area (Å²) in [5, 5.41) is 13.9. The van der Waals surface area contributed by atoms with Crippen LogP contribution in [0.15, 0.2) is 24.3 Å². The Bertz CT molecular complexity index is 1160. The fraction of sp³-hybridized carbons (Fsp3) is 0.915. The van der Waals surface area contributed by atoms with E-state index in [0.717, 1.165) is 38.5 Å². The number of phosphoric acid groups is 1. The number of unbranched alkanes of at least 4 members (excludes halogenated alkanes) is 40. The molecule has 0 radical (unpaired) electrons. The minimum atomic E-state index is -4.60. The second kappa shape index (κ2) is 50.9. The van der Waals surface area contributed by atoms with Gasteiger partial charge in [-0.3, -0.25) is 9.36 Å². The molecule has 3 atom stereocenters. The molecular weight excluding hydrogens is 864 g/mol. The first kappa shape index (κ1) is 67.0. The average Bonchev–Trinajstić information content (AvgIpc) is 3.30.